The van der Waals surface area contributed by atoms with Crippen molar-refractivity contribution in [3.63, 3.8) is 0 Å². The van der Waals surface area contributed by atoms with Crippen LogP contribution in [-0.4, -0.2) is 56.4 Å². The van der Waals surface area contributed by atoms with Crippen molar-refractivity contribution < 1.29 is 13.2 Å². The summed E-state index contributed by atoms with van der Waals surface area (Å²) in [5.74, 6) is 0.713. The second-order valence-corrected chi connectivity index (χ2v) is 7.66. The molecular weight excluding hydrogens is 423 g/mol. The Hall–Kier alpha value is -1.61. The average Bonchev–Trinajstić information content (AvgIpc) is 2.82. The van der Waals surface area contributed by atoms with Gasteiger partial charge in [0.1, 0.15) is 5.82 Å². The number of halogens is 2. The van der Waals surface area contributed by atoms with Gasteiger partial charge in [-0.25, -0.2) is 13.4 Å². The third kappa shape index (κ3) is 4.68. The Morgan fingerprint density at radius 3 is 2.64 bits per heavy atom. The van der Waals surface area contributed by atoms with Crippen LogP contribution in [0, 0.1) is 6.92 Å². The number of carbonyl (C=O) groups is 1. The monoisotopic (exact) mass is 448 g/mol. The molecule has 10 heteroatoms. The minimum absolute atomic E-state index is 0. The van der Waals surface area contributed by atoms with E-state index < -0.39 is 10.7 Å². The van der Waals surface area contributed by atoms with Gasteiger partial charge in [0, 0.05) is 42.6 Å². The average molecular weight is 449 g/mol. The van der Waals surface area contributed by atoms with Gasteiger partial charge in [-0.3, -0.25) is 4.79 Å². The zero-order valence-corrected chi connectivity index (χ0v) is 18.4. The summed E-state index contributed by atoms with van der Waals surface area (Å²) in [6.45, 7) is 5.91. The number of hydrogen-bond donors (Lipinski definition) is 2. The molecule has 7 nitrogen and oxygen atoms in total. The molecule has 1 aliphatic heterocycles. The molecule has 1 atom stereocenters. The molecule has 1 aliphatic rings. The highest BCUT2D eigenvalue weighted by Gasteiger charge is 2.26. The van der Waals surface area contributed by atoms with E-state index in [-0.39, 0.29) is 43.3 Å². The number of aryl methyl sites for hydroxylation is 1. The number of nitrogens with two attached hydrogens (primary N) is 1. The second kappa shape index (κ2) is 10.2. The van der Waals surface area contributed by atoms with Gasteiger partial charge in [-0.15, -0.1) is 24.8 Å². The first-order valence-corrected chi connectivity index (χ1v) is 9.89. The minimum Gasteiger partial charge on any atom is -0.352 e. The zero-order chi connectivity index (χ0) is 18.8. The first-order chi connectivity index (χ1) is 12.4. The molecule has 156 valence electrons. The molecule has 1 aromatic carbocycles. The number of pyridine rings is 1. The molecule has 1 amide bonds. The summed E-state index contributed by atoms with van der Waals surface area (Å²) >= 11 is 0. The molecule has 1 fully saturated rings. The van der Waals surface area contributed by atoms with E-state index in [1.54, 1.807) is 23.2 Å². The van der Waals surface area contributed by atoms with Crippen molar-refractivity contribution in [2.75, 3.05) is 31.1 Å². The third-order valence-electron chi connectivity index (χ3n) is 4.90. The molecule has 1 aromatic heterocycles. The van der Waals surface area contributed by atoms with Crippen LogP contribution in [0.2, 0.25) is 0 Å². The smallest absolute Gasteiger partial charge is 0.236 e. The van der Waals surface area contributed by atoms with Crippen LogP contribution < -0.4 is 10.6 Å². The molecule has 1 saturated heterocycles. The lowest BCUT2D eigenvalue weighted by atomic mass is 10.1. The molecule has 0 unspecified atom stereocenters. The minimum atomic E-state index is -2.69. The number of nitrogens with zero attached hydrogens (tertiary/aromatic N) is 3. The van der Waals surface area contributed by atoms with Gasteiger partial charge in [-0.2, -0.15) is 0 Å². The largest absolute Gasteiger partial charge is 0.352 e. The molecule has 3 rings (SSSR count). The van der Waals surface area contributed by atoms with Crippen molar-refractivity contribution in [2.45, 2.75) is 31.2 Å². The van der Waals surface area contributed by atoms with Gasteiger partial charge in [0.05, 0.1) is 11.4 Å². The molecule has 2 heterocycles. The van der Waals surface area contributed by atoms with Crippen molar-refractivity contribution in [3.05, 3.63) is 30.0 Å². The van der Waals surface area contributed by atoms with E-state index in [1.165, 1.54) is 0 Å². The molecule has 2 N–H and O–H groups in total. The van der Waals surface area contributed by atoms with Crippen LogP contribution in [0.5, 0.6) is 0 Å². The van der Waals surface area contributed by atoms with E-state index in [4.69, 9.17) is 5.73 Å². The summed E-state index contributed by atoms with van der Waals surface area (Å²) in [5.41, 5.74) is 6.34. The SMILES string of the molecule is Cc1cnc(N2CCCN(C(=O)CN)C[C@@H]2C)c2cccc([SH](=O)=O)c12.Cl.Cl. The quantitative estimate of drug-likeness (QED) is 0.694. The van der Waals surface area contributed by atoms with Crippen molar-refractivity contribution in [2.24, 2.45) is 5.73 Å². The first kappa shape index (κ1) is 24.4. The van der Waals surface area contributed by atoms with Gasteiger partial charge in [0.2, 0.25) is 5.91 Å². The Kier molecular flexibility index (Phi) is 8.94. The number of fused-ring (bicyclic) bond motifs is 1. The fourth-order valence-electron chi connectivity index (χ4n) is 3.65. The van der Waals surface area contributed by atoms with Gasteiger partial charge in [0.25, 0.3) is 0 Å². The second-order valence-electron chi connectivity index (χ2n) is 6.66. The first-order valence-electron chi connectivity index (χ1n) is 8.71. The van der Waals surface area contributed by atoms with Gasteiger partial charge < -0.3 is 15.5 Å². The van der Waals surface area contributed by atoms with E-state index in [0.717, 1.165) is 35.1 Å². The molecule has 2 aromatic rings. The lowest BCUT2D eigenvalue weighted by molar-refractivity contribution is -0.129. The lowest BCUT2D eigenvalue weighted by Crippen LogP contribution is -2.43. The molecule has 0 radical (unpaired) electrons. The van der Waals surface area contributed by atoms with Crippen LogP contribution in [0.25, 0.3) is 10.8 Å². The van der Waals surface area contributed by atoms with E-state index >= 15 is 0 Å². The Bertz CT molecular complexity index is 915. The highest BCUT2D eigenvalue weighted by molar-refractivity contribution is 7.72. The van der Waals surface area contributed by atoms with Crippen LogP contribution >= 0.6 is 24.8 Å². The number of carbonyl (C=O) groups excluding carboxylic acids is 1. The fourth-order valence-corrected chi connectivity index (χ4v) is 4.33. The van der Waals surface area contributed by atoms with Crippen LogP contribution in [0.3, 0.4) is 0 Å². The predicted molar refractivity (Wildman–Crippen MR) is 117 cm³/mol. The van der Waals surface area contributed by atoms with Gasteiger partial charge in [0.15, 0.2) is 10.7 Å². The van der Waals surface area contributed by atoms with Gasteiger partial charge >= 0.3 is 0 Å². The van der Waals surface area contributed by atoms with E-state index in [2.05, 4.69) is 9.88 Å². The van der Waals surface area contributed by atoms with Crippen LogP contribution in [0.1, 0.15) is 18.9 Å². The molecular formula is C18H26Cl2N4O3S. The number of benzene rings is 1. The molecule has 0 bridgehead atoms. The maximum Gasteiger partial charge on any atom is 0.236 e. The summed E-state index contributed by atoms with van der Waals surface area (Å²) in [6, 6.07) is 5.34. The Labute approximate surface area is 179 Å². The van der Waals surface area contributed by atoms with Gasteiger partial charge in [-0.05, 0) is 31.9 Å². The summed E-state index contributed by atoms with van der Waals surface area (Å²) in [4.78, 5) is 20.9. The molecule has 0 spiro atoms. The summed E-state index contributed by atoms with van der Waals surface area (Å²) in [5, 5.41) is 1.55. The molecule has 0 saturated carbocycles. The number of thiol groups is 1. The Balaban J connectivity index is 0.00000196. The van der Waals surface area contributed by atoms with Crippen LogP contribution in [0.15, 0.2) is 29.3 Å². The van der Waals surface area contributed by atoms with Crippen molar-refractivity contribution in [1.82, 2.24) is 9.88 Å². The maximum absolute atomic E-state index is 12.0. The van der Waals surface area contributed by atoms with Gasteiger partial charge in [-0.1, -0.05) is 12.1 Å². The highest BCUT2D eigenvalue weighted by Crippen LogP contribution is 2.32. The third-order valence-corrected chi connectivity index (χ3v) is 5.66. The van der Waals surface area contributed by atoms with Crippen molar-refractivity contribution >= 4 is 58.0 Å². The predicted octanol–water partition coefficient (Wildman–Crippen LogP) is 1.74. The fraction of sp³-hybridized carbons (Fsp3) is 0.444. The highest BCUT2D eigenvalue weighted by atomic mass is 35.5. The number of rotatable bonds is 3. The maximum atomic E-state index is 12.0. The summed E-state index contributed by atoms with van der Waals surface area (Å²) in [7, 11) is -2.69. The Morgan fingerprint density at radius 2 is 2.00 bits per heavy atom. The van der Waals surface area contributed by atoms with E-state index in [0.29, 0.717) is 18.0 Å². The summed E-state index contributed by atoms with van der Waals surface area (Å²) in [6.07, 6.45) is 2.53. The Morgan fingerprint density at radius 1 is 1.29 bits per heavy atom. The standard InChI is InChI=1S/C18H24N4O3S.2ClH/c1-12-10-20-18(14-5-3-6-15(17(12)14)26(24)25)22-8-4-7-21(11-13(22)2)16(23)9-19;;/h3,5-6,10,13,26H,4,7-9,11,19H2,1-2H3;2*1H/t13-;;/m0../s1. The number of hydrogen-bond acceptors (Lipinski definition) is 6. The number of anilines is 1. The van der Waals surface area contributed by atoms with E-state index in [9.17, 15) is 13.2 Å². The molecule has 0 aliphatic carbocycles. The number of aromatic nitrogens is 1. The normalized spacial score (nSPS) is 17.1. The van der Waals surface area contributed by atoms with Crippen LogP contribution in [0.4, 0.5) is 5.82 Å². The zero-order valence-electron chi connectivity index (χ0n) is 15.8. The van der Waals surface area contributed by atoms with Crippen molar-refractivity contribution in [1.29, 1.82) is 0 Å². The lowest BCUT2D eigenvalue weighted by Gasteiger charge is -2.31. The molecule has 28 heavy (non-hydrogen) atoms. The topological polar surface area (TPSA) is 96.6 Å². The van der Waals surface area contributed by atoms with Crippen LogP contribution in [-0.2, 0) is 15.5 Å². The van der Waals surface area contributed by atoms with Crippen molar-refractivity contribution in [3.8, 4) is 0 Å². The summed E-state index contributed by atoms with van der Waals surface area (Å²) < 4.78 is 23.3. The van der Waals surface area contributed by atoms with E-state index in [1.807, 2.05) is 19.9 Å². The number of amides is 1.